The van der Waals surface area contributed by atoms with E-state index in [2.05, 4.69) is 10.0 Å². The van der Waals surface area contributed by atoms with Crippen molar-refractivity contribution in [3.8, 4) is 0 Å². The Labute approximate surface area is 142 Å². The molecule has 2 aromatic carbocycles. The third-order valence-corrected chi connectivity index (χ3v) is 4.62. The highest BCUT2D eigenvalue weighted by atomic mass is 32.2. The molecule has 10 heteroatoms. The van der Waals surface area contributed by atoms with E-state index >= 15 is 0 Å². The van der Waals surface area contributed by atoms with Crippen LogP contribution in [0, 0.1) is 15.9 Å². The molecule has 25 heavy (non-hydrogen) atoms. The van der Waals surface area contributed by atoms with E-state index in [0.717, 1.165) is 30.3 Å². The number of non-ortho nitro benzene ring substituents is 1. The lowest BCUT2D eigenvalue weighted by Gasteiger charge is -2.08. The molecule has 0 bridgehead atoms. The number of carbonyl (C=O) groups is 1. The fourth-order valence-corrected chi connectivity index (χ4v) is 2.96. The van der Waals surface area contributed by atoms with Crippen LogP contribution in [0.15, 0.2) is 53.4 Å². The lowest BCUT2D eigenvalue weighted by molar-refractivity contribution is -0.384. The smallest absolute Gasteiger partial charge is 0.269 e. The Kier molecular flexibility index (Phi) is 5.78. The van der Waals surface area contributed by atoms with E-state index in [1.807, 2.05) is 0 Å². The number of halogens is 1. The first-order chi connectivity index (χ1) is 11.8. The van der Waals surface area contributed by atoms with Crippen molar-refractivity contribution in [3.63, 3.8) is 0 Å². The monoisotopic (exact) mass is 367 g/mol. The Bertz CT molecular complexity index is 884. The number of nitro benzene ring substituents is 1. The van der Waals surface area contributed by atoms with Crippen molar-refractivity contribution in [1.82, 2.24) is 10.0 Å². The molecule has 0 aliphatic heterocycles. The summed E-state index contributed by atoms with van der Waals surface area (Å²) in [6, 6.07) is 9.49. The van der Waals surface area contributed by atoms with Crippen molar-refractivity contribution in [1.29, 1.82) is 0 Å². The Morgan fingerprint density at radius 1 is 1.12 bits per heavy atom. The van der Waals surface area contributed by atoms with E-state index < -0.39 is 26.7 Å². The van der Waals surface area contributed by atoms with Crippen molar-refractivity contribution in [2.75, 3.05) is 13.1 Å². The van der Waals surface area contributed by atoms with Gasteiger partial charge in [-0.05, 0) is 30.3 Å². The van der Waals surface area contributed by atoms with E-state index in [4.69, 9.17) is 0 Å². The minimum Gasteiger partial charge on any atom is -0.351 e. The van der Waals surface area contributed by atoms with Crippen molar-refractivity contribution >= 4 is 21.6 Å². The van der Waals surface area contributed by atoms with Gasteiger partial charge in [0.1, 0.15) is 5.82 Å². The quantitative estimate of drug-likeness (QED) is 0.436. The average Bonchev–Trinajstić information content (AvgIpc) is 2.58. The maximum atomic E-state index is 13.0. The summed E-state index contributed by atoms with van der Waals surface area (Å²) >= 11 is 0. The topological polar surface area (TPSA) is 118 Å². The summed E-state index contributed by atoms with van der Waals surface area (Å²) in [5, 5.41) is 13.0. The lowest BCUT2D eigenvalue weighted by atomic mass is 10.2. The first kappa shape index (κ1) is 18.5. The molecule has 2 aromatic rings. The number of nitro groups is 1. The molecule has 0 spiro atoms. The average molecular weight is 367 g/mol. The number of rotatable bonds is 7. The number of nitrogens with one attached hydrogen (secondary N) is 2. The number of hydrogen-bond donors (Lipinski definition) is 2. The highest BCUT2D eigenvalue weighted by molar-refractivity contribution is 7.89. The molecule has 0 aromatic heterocycles. The van der Waals surface area contributed by atoms with Gasteiger partial charge in [-0.3, -0.25) is 14.9 Å². The van der Waals surface area contributed by atoms with Crippen LogP contribution in [0.4, 0.5) is 10.1 Å². The number of benzene rings is 2. The van der Waals surface area contributed by atoms with Crippen molar-refractivity contribution in [2.45, 2.75) is 4.90 Å². The molecule has 1 amide bonds. The highest BCUT2D eigenvalue weighted by Crippen LogP contribution is 2.15. The summed E-state index contributed by atoms with van der Waals surface area (Å²) in [5.41, 5.74) is -0.0977. The predicted octanol–water partition coefficient (Wildman–Crippen LogP) is 1.44. The summed E-state index contributed by atoms with van der Waals surface area (Å²) in [5.74, 6) is -1.08. The van der Waals surface area contributed by atoms with Crippen LogP contribution in [0.5, 0.6) is 0 Å². The number of sulfonamides is 1. The van der Waals surface area contributed by atoms with Gasteiger partial charge < -0.3 is 5.32 Å². The largest absolute Gasteiger partial charge is 0.351 e. The van der Waals surface area contributed by atoms with Crippen LogP contribution in [0.1, 0.15) is 10.4 Å². The summed E-state index contributed by atoms with van der Waals surface area (Å²) in [6.07, 6.45) is 0. The molecule has 0 saturated heterocycles. The van der Waals surface area contributed by atoms with Gasteiger partial charge in [0.25, 0.3) is 11.6 Å². The molecule has 0 aliphatic rings. The lowest BCUT2D eigenvalue weighted by Crippen LogP contribution is -2.34. The minimum absolute atomic E-state index is 0.0123. The molecule has 2 rings (SSSR count). The number of hydrogen-bond acceptors (Lipinski definition) is 5. The van der Waals surface area contributed by atoms with E-state index in [-0.39, 0.29) is 29.2 Å². The predicted molar refractivity (Wildman–Crippen MR) is 87.0 cm³/mol. The molecule has 0 atom stereocenters. The second kappa shape index (κ2) is 7.81. The minimum atomic E-state index is -3.86. The fraction of sp³-hybridized carbons (Fsp3) is 0.133. The van der Waals surface area contributed by atoms with Gasteiger partial charge in [0.15, 0.2) is 0 Å². The summed E-state index contributed by atoms with van der Waals surface area (Å²) in [7, 11) is -3.86. The van der Waals surface area contributed by atoms with E-state index in [1.165, 1.54) is 18.2 Å². The molecule has 132 valence electrons. The highest BCUT2D eigenvalue weighted by Gasteiger charge is 2.15. The van der Waals surface area contributed by atoms with Gasteiger partial charge >= 0.3 is 0 Å². The molecule has 0 heterocycles. The van der Waals surface area contributed by atoms with Gasteiger partial charge in [0.05, 0.1) is 9.82 Å². The van der Waals surface area contributed by atoms with Crippen LogP contribution >= 0.6 is 0 Å². The molecule has 0 radical (unpaired) electrons. The maximum absolute atomic E-state index is 13.0. The van der Waals surface area contributed by atoms with Crippen molar-refractivity contribution < 1.29 is 22.5 Å². The van der Waals surface area contributed by atoms with Gasteiger partial charge in [-0.15, -0.1) is 0 Å². The van der Waals surface area contributed by atoms with Crippen LogP contribution in [-0.4, -0.2) is 32.3 Å². The second-order valence-electron chi connectivity index (χ2n) is 4.92. The zero-order valence-electron chi connectivity index (χ0n) is 12.8. The zero-order chi connectivity index (χ0) is 18.4. The van der Waals surface area contributed by atoms with Gasteiger partial charge in [-0.25, -0.2) is 17.5 Å². The molecular weight excluding hydrogens is 353 g/mol. The molecule has 2 N–H and O–H groups in total. The van der Waals surface area contributed by atoms with E-state index in [0.29, 0.717) is 0 Å². The second-order valence-corrected chi connectivity index (χ2v) is 6.68. The zero-order valence-corrected chi connectivity index (χ0v) is 13.6. The third-order valence-electron chi connectivity index (χ3n) is 3.15. The Balaban J connectivity index is 1.88. The SMILES string of the molecule is O=C(NCCNS(=O)(=O)c1ccc([N+](=O)[O-])cc1)c1cccc(F)c1. The van der Waals surface area contributed by atoms with Crippen LogP contribution in [0.3, 0.4) is 0 Å². The van der Waals surface area contributed by atoms with Crippen molar-refractivity contribution in [3.05, 3.63) is 70.0 Å². The standard InChI is InChI=1S/C15H14FN3O5S/c16-12-3-1-2-11(10-12)15(20)17-8-9-18-25(23,24)14-6-4-13(5-7-14)19(21)22/h1-7,10,18H,8-9H2,(H,17,20). The molecule has 8 nitrogen and oxygen atoms in total. The molecule has 0 saturated carbocycles. The van der Waals surface area contributed by atoms with Crippen LogP contribution in [0.2, 0.25) is 0 Å². The first-order valence-corrected chi connectivity index (χ1v) is 8.56. The number of amides is 1. The summed E-state index contributed by atoms with van der Waals surface area (Å²) in [4.78, 5) is 21.6. The van der Waals surface area contributed by atoms with Crippen LogP contribution in [0.25, 0.3) is 0 Å². The Hall–Kier alpha value is -2.85. The number of carbonyl (C=O) groups excluding carboxylic acids is 1. The fourth-order valence-electron chi connectivity index (χ4n) is 1.92. The molecule has 0 unspecified atom stereocenters. The molecule has 0 aliphatic carbocycles. The summed E-state index contributed by atoms with van der Waals surface area (Å²) < 4.78 is 39.3. The van der Waals surface area contributed by atoms with Gasteiger partial charge in [0.2, 0.25) is 10.0 Å². The Morgan fingerprint density at radius 2 is 1.80 bits per heavy atom. The molecule has 0 fully saturated rings. The van der Waals surface area contributed by atoms with Gasteiger partial charge in [-0.1, -0.05) is 6.07 Å². The number of nitrogens with zero attached hydrogens (tertiary/aromatic N) is 1. The maximum Gasteiger partial charge on any atom is 0.269 e. The van der Waals surface area contributed by atoms with Crippen LogP contribution in [-0.2, 0) is 10.0 Å². The summed E-state index contributed by atoms with van der Waals surface area (Å²) in [6.45, 7) is -0.109. The van der Waals surface area contributed by atoms with E-state index in [1.54, 1.807) is 0 Å². The first-order valence-electron chi connectivity index (χ1n) is 7.07. The normalized spacial score (nSPS) is 11.1. The molecular formula is C15H14FN3O5S. The van der Waals surface area contributed by atoms with Crippen molar-refractivity contribution in [2.24, 2.45) is 0 Å². The van der Waals surface area contributed by atoms with E-state index in [9.17, 15) is 27.7 Å². The van der Waals surface area contributed by atoms with Gasteiger partial charge in [-0.2, -0.15) is 0 Å². The Morgan fingerprint density at radius 3 is 2.40 bits per heavy atom. The third kappa shape index (κ3) is 5.06. The van der Waals surface area contributed by atoms with Gasteiger partial charge in [0, 0.05) is 30.8 Å². The van der Waals surface area contributed by atoms with Crippen LogP contribution < -0.4 is 10.0 Å².